The molecule has 0 aliphatic heterocycles. The third-order valence-corrected chi connectivity index (χ3v) is 1.49. The molecule has 0 fully saturated rings. The van der Waals surface area contributed by atoms with Gasteiger partial charge in [-0.1, -0.05) is 6.07 Å². The molecule has 0 bridgehead atoms. The highest BCUT2D eigenvalue weighted by Gasteiger charge is 2.04. The van der Waals surface area contributed by atoms with Gasteiger partial charge in [-0.25, -0.2) is 0 Å². The van der Waals surface area contributed by atoms with Crippen LogP contribution in [0.4, 0.5) is 0 Å². The predicted molar refractivity (Wildman–Crippen MR) is 57.5 cm³/mol. The molecule has 0 aliphatic rings. The van der Waals surface area contributed by atoms with E-state index < -0.39 is 0 Å². The highest BCUT2D eigenvalue weighted by molar-refractivity contribution is 5.85. The highest BCUT2D eigenvalue weighted by Crippen LogP contribution is 2.05. The molecule has 76 valence electrons. The first-order chi connectivity index (χ1) is 5.24. The Bertz CT molecular complexity index is 245. The maximum Gasteiger partial charge on any atom is 0.0705 e. The van der Waals surface area contributed by atoms with Crippen molar-refractivity contribution in [1.29, 1.82) is 0 Å². The van der Waals surface area contributed by atoms with Crippen LogP contribution in [0.25, 0.3) is 0 Å². The predicted octanol–water partition coefficient (Wildman–Crippen LogP) is 1.23. The summed E-state index contributed by atoms with van der Waals surface area (Å²) in [5, 5.41) is 8.71. The number of aliphatic hydroxyl groups excluding tert-OH is 1. The van der Waals surface area contributed by atoms with E-state index in [2.05, 4.69) is 4.98 Å². The molecule has 0 aromatic carbocycles. The summed E-state index contributed by atoms with van der Waals surface area (Å²) in [4.78, 5) is 4.16. The van der Waals surface area contributed by atoms with Crippen molar-refractivity contribution in [2.24, 2.45) is 5.73 Å². The molecule has 0 saturated heterocycles. The quantitative estimate of drug-likeness (QED) is 0.795. The van der Waals surface area contributed by atoms with Gasteiger partial charge in [0.2, 0.25) is 0 Å². The van der Waals surface area contributed by atoms with Gasteiger partial charge in [0.15, 0.2) is 0 Å². The Hall–Kier alpha value is -0.350. The van der Waals surface area contributed by atoms with Gasteiger partial charge in [0.05, 0.1) is 18.3 Å². The second kappa shape index (κ2) is 7.09. The Labute approximate surface area is 90.2 Å². The van der Waals surface area contributed by atoms with E-state index in [9.17, 15) is 0 Å². The first-order valence-corrected chi connectivity index (χ1v) is 3.54. The summed E-state index contributed by atoms with van der Waals surface area (Å²) in [5.41, 5.74) is 7.22. The number of pyridine rings is 1. The molecule has 1 unspecified atom stereocenters. The van der Waals surface area contributed by atoms with Crippen molar-refractivity contribution >= 4 is 24.8 Å². The van der Waals surface area contributed by atoms with Crippen molar-refractivity contribution in [2.75, 3.05) is 6.61 Å². The molecule has 0 aliphatic carbocycles. The van der Waals surface area contributed by atoms with Crippen LogP contribution in [-0.4, -0.2) is 16.7 Å². The number of halogens is 2. The van der Waals surface area contributed by atoms with Gasteiger partial charge < -0.3 is 10.8 Å². The van der Waals surface area contributed by atoms with E-state index in [-0.39, 0.29) is 37.5 Å². The Morgan fingerprint density at radius 2 is 2.08 bits per heavy atom. The molecule has 5 heteroatoms. The molecular weight excluding hydrogens is 211 g/mol. The number of aliphatic hydroxyl groups is 1. The number of hydrogen-bond acceptors (Lipinski definition) is 3. The molecule has 1 aromatic heterocycles. The number of aromatic nitrogens is 1. The summed E-state index contributed by atoms with van der Waals surface area (Å²) in [5.74, 6) is 0. The van der Waals surface area contributed by atoms with Crippen LogP contribution in [0.1, 0.15) is 17.4 Å². The molecule has 0 saturated carbocycles. The zero-order valence-electron chi connectivity index (χ0n) is 7.30. The second-order valence-electron chi connectivity index (χ2n) is 2.49. The lowest BCUT2D eigenvalue weighted by Crippen LogP contribution is -2.16. The van der Waals surface area contributed by atoms with Crippen molar-refractivity contribution in [3.05, 3.63) is 29.6 Å². The number of nitrogens with zero attached hydrogens (tertiary/aromatic N) is 1. The molecule has 0 radical (unpaired) electrons. The monoisotopic (exact) mass is 224 g/mol. The van der Waals surface area contributed by atoms with Crippen LogP contribution in [0, 0.1) is 6.92 Å². The SMILES string of the molecule is Cc1cccc(C(N)CO)n1.Cl.Cl. The van der Waals surface area contributed by atoms with Crippen molar-refractivity contribution in [1.82, 2.24) is 4.98 Å². The fourth-order valence-corrected chi connectivity index (χ4v) is 0.864. The third-order valence-electron chi connectivity index (χ3n) is 1.49. The summed E-state index contributed by atoms with van der Waals surface area (Å²) in [7, 11) is 0. The number of hydrogen-bond donors (Lipinski definition) is 2. The Kier molecular flexibility index (Phi) is 8.26. The van der Waals surface area contributed by atoms with Crippen LogP contribution in [0.3, 0.4) is 0 Å². The summed E-state index contributed by atoms with van der Waals surface area (Å²) in [6, 6.07) is 5.24. The Morgan fingerprint density at radius 1 is 1.46 bits per heavy atom. The van der Waals surface area contributed by atoms with Gasteiger partial charge in [0.1, 0.15) is 0 Å². The zero-order valence-corrected chi connectivity index (χ0v) is 8.94. The minimum atomic E-state index is -0.352. The molecule has 13 heavy (non-hydrogen) atoms. The summed E-state index contributed by atoms with van der Waals surface area (Å²) >= 11 is 0. The Morgan fingerprint density at radius 3 is 2.54 bits per heavy atom. The lowest BCUT2D eigenvalue weighted by atomic mass is 10.2. The maximum atomic E-state index is 8.71. The van der Waals surface area contributed by atoms with Crippen LogP contribution >= 0.6 is 24.8 Å². The molecule has 3 nitrogen and oxygen atoms in total. The van der Waals surface area contributed by atoms with E-state index in [1.165, 1.54) is 0 Å². The summed E-state index contributed by atoms with van der Waals surface area (Å²) < 4.78 is 0. The first-order valence-electron chi connectivity index (χ1n) is 3.54. The van der Waals surface area contributed by atoms with Gasteiger partial charge in [-0.2, -0.15) is 0 Å². The highest BCUT2D eigenvalue weighted by atomic mass is 35.5. The van der Waals surface area contributed by atoms with Crippen LogP contribution in [0.15, 0.2) is 18.2 Å². The normalized spacial score (nSPS) is 11.0. The topological polar surface area (TPSA) is 59.1 Å². The van der Waals surface area contributed by atoms with Gasteiger partial charge in [0.25, 0.3) is 0 Å². The lowest BCUT2D eigenvalue weighted by molar-refractivity contribution is 0.266. The van der Waals surface area contributed by atoms with E-state index in [1.54, 1.807) is 0 Å². The summed E-state index contributed by atoms with van der Waals surface area (Å²) in [6.07, 6.45) is 0. The van der Waals surface area contributed by atoms with Crippen LogP contribution < -0.4 is 5.73 Å². The largest absolute Gasteiger partial charge is 0.394 e. The first kappa shape index (κ1) is 15.1. The molecule has 1 aromatic rings. The minimum Gasteiger partial charge on any atom is -0.394 e. The van der Waals surface area contributed by atoms with Crippen molar-refractivity contribution in [3.63, 3.8) is 0 Å². The maximum absolute atomic E-state index is 8.71. The van der Waals surface area contributed by atoms with Crippen molar-refractivity contribution in [3.8, 4) is 0 Å². The number of rotatable bonds is 2. The van der Waals surface area contributed by atoms with Gasteiger partial charge >= 0.3 is 0 Å². The minimum absolute atomic E-state index is 0. The average Bonchev–Trinajstić information content (AvgIpc) is 2.03. The standard InChI is InChI=1S/C8H12N2O.2ClH/c1-6-3-2-4-8(10-6)7(9)5-11;;/h2-4,7,11H,5,9H2,1H3;2*1H. The summed E-state index contributed by atoms with van der Waals surface area (Å²) in [6.45, 7) is 1.84. The Balaban J connectivity index is 0. The number of aryl methyl sites for hydroxylation is 1. The smallest absolute Gasteiger partial charge is 0.0705 e. The fourth-order valence-electron chi connectivity index (χ4n) is 0.864. The van der Waals surface area contributed by atoms with E-state index in [1.807, 2.05) is 25.1 Å². The van der Waals surface area contributed by atoms with Crippen molar-refractivity contribution < 1.29 is 5.11 Å². The molecular formula is C8H14Cl2N2O. The van der Waals surface area contributed by atoms with Crippen LogP contribution in [0.2, 0.25) is 0 Å². The van der Waals surface area contributed by atoms with E-state index in [4.69, 9.17) is 10.8 Å². The van der Waals surface area contributed by atoms with E-state index in [0.29, 0.717) is 0 Å². The average molecular weight is 225 g/mol. The fraction of sp³-hybridized carbons (Fsp3) is 0.375. The van der Waals surface area contributed by atoms with Gasteiger partial charge in [0, 0.05) is 5.69 Å². The van der Waals surface area contributed by atoms with E-state index in [0.717, 1.165) is 11.4 Å². The van der Waals surface area contributed by atoms with Gasteiger partial charge in [-0.05, 0) is 19.1 Å². The lowest BCUT2D eigenvalue weighted by Gasteiger charge is -2.06. The zero-order chi connectivity index (χ0) is 8.27. The molecule has 0 spiro atoms. The van der Waals surface area contributed by atoms with E-state index >= 15 is 0 Å². The molecule has 1 atom stereocenters. The van der Waals surface area contributed by atoms with Crippen LogP contribution in [-0.2, 0) is 0 Å². The molecule has 1 heterocycles. The van der Waals surface area contributed by atoms with Crippen LogP contribution in [0.5, 0.6) is 0 Å². The third kappa shape index (κ3) is 4.43. The van der Waals surface area contributed by atoms with Gasteiger partial charge in [-0.15, -0.1) is 24.8 Å². The molecule has 1 rings (SSSR count). The molecule has 3 N–H and O–H groups in total. The number of nitrogens with two attached hydrogens (primary N) is 1. The van der Waals surface area contributed by atoms with Crippen molar-refractivity contribution in [2.45, 2.75) is 13.0 Å². The molecule has 0 amide bonds. The second-order valence-corrected chi connectivity index (χ2v) is 2.49. The van der Waals surface area contributed by atoms with Gasteiger partial charge in [-0.3, -0.25) is 4.98 Å².